The summed E-state index contributed by atoms with van der Waals surface area (Å²) >= 11 is 0. The molecule has 18 heteroatoms. The highest BCUT2D eigenvalue weighted by atomic mass is 19.4. The van der Waals surface area contributed by atoms with E-state index in [2.05, 4.69) is 55.5 Å². The summed E-state index contributed by atoms with van der Waals surface area (Å²) in [6.45, 7) is 5.38. The molecule has 358 valence electrons. The van der Waals surface area contributed by atoms with Crippen LogP contribution in [0.5, 0.6) is 0 Å². The number of carboxylic acids is 2. The molecule has 9 aromatic rings. The van der Waals surface area contributed by atoms with Crippen molar-refractivity contribution in [3.05, 3.63) is 127 Å². The number of benzene rings is 5. The van der Waals surface area contributed by atoms with Gasteiger partial charge in [0.1, 0.15) is 0 Å². The van der Waals surface area contributed by atoms with E-state index in [0.29, 0.717) is 48.8 Å². The molecule has 2 N–H and O–H groups in total. The van der Waals surface area contributed by atoms with E-state index in [1.807, 2.05) is 28.9 Å². The normalized spacial score (nSPS) is 12.9. The van der Waals surface area contributed by atoms with Gasteiger partial charge in [0.15, 0.2) is 0 Å². The smallest absolute Gasteiger partial charge is 0.417 e. The molecule has 70 heavy (non-hydrogen) atoms. The van der Waals surface area contributed by atoms with E-state index in [4.69, 9.17) is 24.2 Å². The average molecular weight is 952 g/mol. The third-order valence-corrected chi connectivity index (χ3v) is 12.3. The number of rotatable bonds is 15. The molecular formula is C52H48F3N9O6. The van der Waals surface area contributed by atoms with Crippen molar-refractivity contribution in [2.24, 2.45) is 0 Å². The van der Waals surface area contributed by atoms with E-state index in [1.165, 1.54) is 42.6 Å². The van der Waals surface area contributed by atoms with Crippen LogP contribution in [0, 0.1) is 0 Å². The van der Waals surface area contributed by atoms with Crippen LogP contribution in [-0.4, -0.2) is 75.1 Å². The lowest BCUT2D eigenvalue weighted by molar-refractivity contribution is -0.138. The van der Waals surface area contributed by atoms with Gasteiger partial charge in [-0.1, -0.05) is 77.9 Å². The van der Waals surface area contributed by atoms with Crippen molar-refractivity contribution in [1.29, 1.82) is 0 Å². The summed E-state index contributed by atoms with van der Waals surface area (Å²) in [4.78, 5) is 33.2. The molecule has 10 rings (SSSR count). The second-order valence-electron chi connectivity index (χ2n) is 16.9. The fourth-order valence-corrected chi connectivity index (χ4v) is 8.84. The number of hydrogen-bond acceptors (Lipinski definition) is 11. The van der Waals surface area contributed by atoms with E-state index in [0.717, 1.165) is 58.5 Å². The van der Waals surface area contributed by atoms with E-state index >= 15 is 0 Å². The van der Waals surface area contributed by atoms with Gasteiger partial charge in [0.05, 0.1) is 29.0 Å². The summed E-state index contributed by atoms with van der Waals surface area (Å²) in [5.41, 5.74) is 6.53. The third-order valence-electron chi connectivity index (χ3n) is 12.3. The van der Waals surface area contributed by atoms with Gasteiger partial charge in [-0.25, -0.2) is 0 Å². The van der Waals surface area contributed by atoms with Gasteiger partial charge < -0.3 is 24.2 Å². The molecule has 5 aromatic carbocycles. The van der Waals surface area contributed by atoms with Crippen LogP contribution in [0.15, 0.2) is 125 Å². The number of aliphatic carboxylic acids is 2. The minimum Gasteiger partial charge on any atom is -0.481 e. The number of carbonyl (C=O) groups is 2. The number of carboxylic acid groups (broad SMARTS) is 2. The van der Waals surface area contributed by atoms with E-state index < -0.39 is 23.7 Å². The van der Waals surface area contributed by atoms with Crippen LogP contribution in [-0.2, 0) is 35.3 Å². The first-order chi connectivity index (χ1) is 33.9. The van der Waals surface area contributed by atoms with Crippen molar-refractivity contribution in [3.63, 3.8) is 0 Å². The molecule has 1 aliphatic heterocycles. The molecule has 0 saturated carbocycles. The van der Waals surface area contributed by atoms with Crippen molar-refractivity contribution < 1.29 is 42.0 Å². The molecule has 0 unspecified atom stereocenters. The van der Waals surface area contributed by atoms with Crippen LogP contribution < -0.4 is 4.90 Å². The van der Waals surface area contributed by atoms with Crippen LogP contribution in [0.3, 0.4) is 0 Å². The van der Waals surface area contributed by atoms with Crippen molar-refractivity contribution in [2.75, 3.05) is 18.0 Å². The predicted molar refractivity (Wildman–Crippen MR) is 257 cm³/mol. The first-order valence-electron chi connectivity index (χ1n) is 23.1. The first kappa shape index (κ1) is 46.9. The zero-order chi connectivity index (χ0) is 48.8. The van der Waals surface area contributed by atoms with Gasteiger partial charge in [-0.15, -0.1) is 0 Å². The van der Waals surface area contributed by atoms with Crippen LogP contribution in [0.25, 0.3) is 78.6 Å². The number of halogens is 3. The van der Waals surface area contributed by atoms with Gasteiger partial charge in [-0.3, -0.25) is 19.0 Å². The Kier molecular flexibility index (Phi) is 13.8. The van der Waals surface area contributed by atoms with Gasteiger partial charge in [0, 0.05) is 77.7 Å². The quantitative estimate of drug-likeness (QED) is 0.0987. The molecular weight excluding hydrogens is 904 g/mol. The number of alkyl halides is 3. The number of hydrogen-bond donors (Lipinski definition) is 2. The summed E-state index contributed by atoms with van der Waals surface area (Å²) in [5, 5.41) is 36.4. The van der Waals surface area contributed by atoms with Gasteiger partial charge >= 0.3 is 18.1 Å². The van der Waals surface area contributed by atoms with Crippen molar-refractivity contribution in [3.8, 4) is 56.8 Å². The Bertz CT molecular complexity index is 3280. The molecule has 1 fully saturated rings. The summed E-state index contributed by atoms with van der Waals surface area (Å²) in [7, 11) is 0. The molecule has 1 aliphatic rings. The van der Waals surface area contributed by atoms with E-state index in [-0.39, 0.29) is 35.7 Å². The number of anilines is 1. The van der Waals surface area contributed by atoms with Gasteiger partial charge in [-0.2, -0.15) is 33.3 Å². The van der Waals surface area contributed by atoms with E-state index in [9.17, 15) is 22.8 Å². The zero-order valence-electron chi connectivity index (χ0n) is 38.1. The molecule has 0 aliphatic carbocycles. The molecule has 4 aromatic heterocycles. The second kappa shape index (κ2) is 20.6. The number of aryl methyl sites for hydroxylation is 3. The SMILES string of the molecule is CCc1cc(-c2nc(-c3cccc4c3cnn4CCCC(=O)O)no2)ccc1N1CCCCC1.O=C(O)CCCn1ncc2c(-c3noc(-c4ccc(-c5ccccc5)c(C(F)(F)F)c4)n3)cccc21. The highest BCUT2D eigenvalue weighted by molar-refractivity contribution is 5.94. The van der Waals surface area contributed by atoms with E-state index in [1.54, 1.807) is 59.5 Å². The van der Waals surface area contributed by atoms with Crippen molar-refractivity contribution in [2.45, 2.75) is 77.6 Å². The minimum atomic E-state index is -4.58. The molecule has 0 spiro atoms. The van der Waals surface area contributed by atoms with Gasteiger partial charge in [0.2, 0.25) is 11.6 Å². The van der Waals surface area contributed by atoms with Crippen LogP contribution >= 0.6 is 0 Å². The monoisotopic (exact) mass is 951 g/mol. The lowest BCUT2D eigenvalue weighted by Gasteiger charge is -2.30. The Balaban J connectivity index is 0.000000174. The molecule has 0 amide bonds. The number of nitrogens with zero attached hydrogens (tertiary/aromatic N) is 9. The fourth-order valence-electron chi connectivity index (χ4n) is 8.84. The van der Waals surface area contributed by atoms with Crippen LogP contribution in [0.4, 0.5) is 18.9 Å². The van der Waals surface area contributed by atoms with Crippen LogP contribution in [0.1, 0.15) is 63.0 Å². The summed E-state index contributed by atoms with van der Waals surface area (Å²) in [5.74, 6) is -0.490. The predicted octanol–water partition coefficient (Wildman–Crippen LogP) is 11.5. The summed E-state index contributed by atoms with van der Waals surface area (Å²) < 4.78 is 56.2. The Morgan fingerprint density at radius 2 is 1.17 bits per heavy atom. The van der Waals surface area contributed by atoms with Crippen molar-refractivity contribution in [1.82, 2.24) is 39.8 Å². The average Bonchev–Trinajstić information content (AvgIpc) is 4.22. The molecule has 5 heterocycles. The molecule has 0 atom stereocenters. The minimum absolute atomic E-state index is 0.0260. The Labute approximate surface area is 399 Å². The maximum absolute atomic E-state index is 13.9. The maximum atomic E-state index is 13.9. The van der Waals surface area contributed by atoms with Crippen LogP contribution in [0.2, 0.25) is 0 Å². The first-order valence-corrected chi connectivity index (χ1v) is 23.1. The standard InChI is InChI=1S/C26H19F3N4O3.C26H29N5O3/c27-26(28,29)21-14-17(11-12-18(21)16-6-2-1-3-7-16)25-31-24(32-36-25)19-8-4-9-22-20(19)15-30-33(22)13-5-10-23(34)35;1-2-18-16-19(11-12-22(18)30-13-4-3-5-14-30)26-28-25(29-34-26)20-8-6-9-23-21(20)17-27-31(23)15-7-10-24(32)33/h1-4,6-9,11-12,14-15H,5,10,13H2,(H,34,35);6,8-9,11-12,16-17H,2-5,7,10,13-15H2,1H3,(H,32,33). The fraction of sp³-hybridized carbons (Fsp3) is 0.269. The second-order valence-corrected chi connectivity index (χ2v) is 16.9. The number of fused-ring (bicyclic) bond motifs is 2. The zero-order valence-corrected chi connectivity index (χ0v) is 38.1. The lowest BCUT2D eigenvalue weighted by Crippen LogP contribution is -2.30. The Morgan fingerprint density at radius 1 is 0.629 bits per heavy atom. The number of piperidine rings is 1. The highest BCUT2D eigenvalue weighted by Gasteiger charge is 2.34. The lowest BCUT2D eigenvalue weighted by atomic mass is 9.97. The molecule has 15 nitrogen and oxygen atoms in total. The summed E-state index contributed by atoms with van der Waals surface area (Å²) in [6.07, 6.45) is 4.67. The largest absolute Gasteiger partial charge is 0.481 e. The topological polar surface area (TPSA) is 191 Å². The Hall–Kier alpha value is -8.15. The maximum Gasteiger partial charge on any atom is 0.417 e. The third kappa shape index (κ3) is 10.3. The van der Waals surface area contributed by atoms with Gasteiger partial charge in [-0.05, 0) is 97.7 Å². The number of aromatic nitrogens is 8. The molecule has 0 radical (unpaired) electrons. The van der Waals surface area contributed by atoms with Gasteiger partial charge in [0.25, 0.3) is 11.8 Å². The summed E-state index contributed by atoms with van der Waals surface area (Å²) in [6, 6.07) is 30.0. The van der Waals surface area contributed by atoms with Crippen molar-refractivity contribution >= 4 is 39.4 Å². The highest BCUT2D eigenvalue weighted by Crippen LogP contribution is 2.40. The molecule has 1 saturated heterocycles. The Morgan fingerprint density at radius 3 is 1.70 bits per heavy atom. The molecule has 0 bridgehead atoms.